The minimum atomic E-state index is -5.45. The Morgan fingerprint density at radius 3 is 1.35 bits per heavy atom. The van der Waals surface area contributed by atoms with Gasteiger partial charge in [0.2, 0.25) is 17.3 Å². The highest BCUT2D eigenvalue weighted by molar-refractivity contribution is 7.93. The zero-order chi connectivity index (χ0) is 83.2. The fourth-order valence-electron chi connectivity index (χ4n) is 12.1. The highest BCUT2D eigenvalue weighted by Crippen LogP contribution is 2.47. The average Bonchev–Trinajstić information content (AvgIpc) is 0.740. The molecule has 22 N–H and O–H groups in total. The van der Waals surface area contributed by atoms with Crippen LogP contribution in [-0.2, 0) is 76.6 Å². The van der Waals surface area contributed by atoms with Gasteiger partial charge in [-0.1, -0.05) is 23.2 Å². The van der Waals surface area contributed by atoms with Gasteiger partial charge in [-0.2, -0.15) is 52.3 Å². The number of aliphatic hydroxyl groups is 15. The number of nitrogens with two attached hydrogens (primary N) is 2. The number of nitrogen functional groups attached to an aromatic ring is 2. The van der Waals surface area contributed by atoms with Gasteiger partial charge in [-0.3, -0.25) is 0 Å². The molecule has 0 aliphatic heterocycles. The summed E-state index contributed by atoms with van der Waals surface area (Å²) in [6.45, 7) is -19.8. The minimum Gasteiger partial charge on any atom is -0.505 e. The predicted molar refractivity (Wildman–Crippen MR) is 392 cm³/mol. The first kappa shape index (κ1) is 93.6. The van der Waals surface area contributed by atoms with E-state index in [1.807, 2.05) is 0 Å². The van der Waals surface area contributed by atoms with Gasteiger partial charge in [0.15, 0.2) is 22.8 Å². The van der Waals surface area contributed by atoms with E-state index in [1.54, 1.807) is 0 Å². The second-order valence-corrected chi connectivity index (χ2v) is 32.6. The molecule has 2 aliphatic rings. The average molecular weight is 1690 g/mol. The van der Waals surface area contributed by atoms with E-state index in [0.29, 0.717) is 0 Å². The number of quaternary nitrogens is 5. The number of anilines is 2. The van der Waals surface area contributed by atoms with Crippen LogP contribution in [0, 0.1) is 12.8 Å². The number of rotatable bonds is 49. The van der Waals surface area contributed by atoms with Crippen molar-refractivity contribution < 1.29 is 183 Å². The van der Waals surface area contributed by atoms with Crippen molar-refractivity contribution in [3.63, 3.8) is 0 Å². The van der Waals surface area contributed by atoms with Gasteiger partial charge in [0.25, 0.3) is 15.5 Å². The molecule has 48 heteroatoms. The van der Waals surface area contributed by atoms with Gasteiger partial charge in [-0.25, -0.2) is 0 Å². The van der Waals surface area contributed by atoms with Gasteiger partial charge in [-0.15, -0.1) is 9.20 Å². The van der Waals surface area contributed by atoms with Crippen LogP contribution in [0.4, 0.5) is 22.7 Å². The van der Waals surface area contributed by atoms with Crippen molar-refractivity contribution in [1.82, 2.24) is 0 Å². The summed E-state index contributed by atoms with van der Waals surface area (Å²) >= 11 is 0. The van der Waals surface area contributed by atoms with E-state index in [1.165, 1.54) is 18.2 Å². The molecule has 1 atom stereocenters. The number of aliphatic hydroxyl groups excluding tert-OH is 15. The Morgan fingerprint density at radius 2 is 0.893 bits per heavy atom. The van der Waals surface area contributed by atoms with Crippen LogP contribution in [0.2, 0.25) is 0 Å². The van der Waals surface area contributed by atoms with Gasteiger partial charge >= 0.3 is 62.4 Å². The fraction of sp³-hybridized carbons (Fsp3) is 0.469. The SMILES string of the molecule is Nc1ccc2cc(S(=O)(=O)O[N+](CCO)(CCO)CCO)c(N=[N+]=C3C=CC(=C[CH+]C4=C[CH+]C(=[N+]=Nc5c([S+](=O)(O)O[N+](CCO)(CCO)CCO)cc6cc(S(=O)(=O)O[N+](CCO)(CCO)CCO)cc(N)c6c5O)C=C4S(=O)(=O)O[N+](CCO)(CCO)CCO)C(S(=O)(=O)O[N+](CCO)(CCO)CCO)=C3)c(O)c2c1. The molecule has 6 rings (SSSR count). The summed E-state index contributed by atoms with van der Waals surface area (Å²) in [6, 6.07) is 7.27. The van der Waals surface area contributed by atoms with Crippen molar-refractivity contribution in [3.8, 4) is 11.5 Å². The lowest BCUT2D eigenvalue weighted by molar-refractivity contribution is -1.08. The van der Waals surface area contributed by atoms with Crippen LogP contribution >= 0.6 is 0 Å². The Bertz CT molecular complexity index is 4730. The number of hydrogen-bond acceptors (Lipinski definition) is 35. The molecule has 0 amide bonds. The van der Waals surface area contributed by atoms with Gasteiger partial charge in [-0.05, 0) is 51.4 Å². The van der Waals surface area contributed by atoms with Gasteiger partial charge in [0.05, 0.1) is 131 Å². The van der Waals surface area contributed by atoms with E-state index in [4.69, 9.17) is 32.9 Å². The van der Waals surface area contributed by atoms with E-state index >= 15 is 16.8 Å². The second kappa shape index (κ2) is 40.8. The van der Waals surface area contributed by atoms with Crippen LogP contribution in [-0.4, -0.2) is 367 Å². The second-order valence-electron chi connectivity index (χ2n) is 25.1. The van der Waals surface area contributed by atoms with Gasteiger partial charge < -0.3 is 98.3 Å². The normalized spacial score (nSPS) is 15.2. The van der Waals surface area contributed by atoms with Crippen molar-refractivity contribution in [1.29, 1.82) is 0 Å². The number of phenols is 2. The summed E-state index contributed by atoms with van der Waals surface area (Å²) < 4.78 is 167. The number of benzene rings is 4. The molecule has 112 heavy (non-hydrogen) atoms. The smallest absolute Gasteiger partial charge is 0.487 e. The molecule has 620 valence electrons. The molecule has 1 unspecified atom stereocenters. The standard InChI is InChI=1S/C64H93N11O32S5/c65-50-6-3-48-40-58(111(99,100)106-74(18-33-85,19-34-86)20-35-87)61(63(91)54(48)42-50)69-67-51-7-4-46(56(43-51)109(95,96)104-72(12-27-79,13-28-80)14-29-81)1-2-47-5-8-52(44-57(47)110(97,98)105-73(15-30-82,16-31-83)17-32-84)68-70-62-59(112(101,102)107-75(21-36-88,22-37-89)23-38-90)41-49-39-53(45-55(66)60(49)64(62)92)108(93,94)103-71(9-24-76,10-25-77)11-26-78/h1-8,39-45,76-90H,9-38H2,(H3-2,65,66,69,92,101,102)/q+6/p+4. The molecular weight excluding hydrogens is 1600 g/mol. The summed E-state index contributed by atoms with van der Waals surface area (Å²) in [6.07, 6.45) is 7.60. The molecule has 2 aliphatic carbocycles. The van der Waals surface area contributed by atoms with E-state index in [2.05, 4.69) is 19.8 Å². The molecule has 0 fully saturated rings. The Balaban J connectivity index is 1.67. The lowest BCUT2D eigenvalue weighted by Gasteiger charge is -2.32. The van der Waals surface area contributed by atoms with E-state index < -0.39 is 358 Å². The van der Waals surface area contributed by atoms with Crippen molar-refractivity contribution >= 4 is 107 Å². The van der Waals surface area contributed by atoms with Crippen LogP contribution in [0.1, 0.15) is 0 Å². The molecule has 0 aromatic heterocycles. The number of phenolic OH excluding ortho intramolecular Hbond substituents is 2. The van der Waals surface area contributed by atoms with Crippen LogP contribution in [0.3, 0.4) is 0 Å². The van der Waals surface area contributed by atoms with E-state index in [-0.39, 0.29) is 16.5 Å². The summed E-state index contributed by atoms with van der Waals surface area (Å²) in [7, 11) is -26.5. The molecule has 4 aromatic rings. The number of allylic oxidation sites excluding steroid dienone is 8. The van der Waals surface area contributed by atoms with Gasteiger partial charge in [0.1, 0.15) is 124 Å². The fourth-order valence-corrected chi connectivity index (χ4v) is 18.9. The van der Waals surface area contributed by atoms with Crippen molar-refractivity contribution in [2.75, 3.05) is 209 Å². The largest absolute Gasteiger partial charge is 0.505 e. The summed E-state index contributed by atoms with van der Waals surface area (Å²) in [5.74, 6) is -2.04. The number of aromatic hydroxyl groups is 2. The molecule has 43 nitrogen and oxygen atoms in total. The third-order valence-corrected chi connectivity index (χ3v) is 24.4. The molecule has 0 saturated carbocycles. The summed E-state index contributed by atoms with van der Waals surface area (Å²) in [5.41, 5.74) is 8.08. The Kier molecular flexibility index (Phi) is 34.1. The van der Waals surface area contributed by atoms with Crippen molar-refractivity contribution in [3.05, 3.63) is 113 Å². The van der Waals surface area contributed by atoms with Crippen LogP contribution in [0.25, 0.3) is 21.5 Å². The van der Waals surface area contributed by atoms with Crippen LogP contribution < -0.4 is 11.5 Å². The number of hydrogen-bond donors (Lipinski definition) is 20. The maximum absolute atomic E-state index is 15.1. The molecular formula is C64H97N11O32S5+10. The quantitative estimate of drug-likeness (QED) is 0.00373. The van der Waals surface area contributed by atoms with Crippen molar-refractivity contribution in [2.45, 2.75) is 14.7 Å². The lowest BCUT2D eigenvalue weighted by atomic mass is 10.00. The third-order valence-electron chi connectivity index (χ3n) is 17.5. The number of fused-ring (bicyclic) bond motifs is 2. The first-order valence-electron chi connectivity index (χ1n) is 34.2. The number of hydroxylamine groups is 15. The van der Waals surface area contributed by atoms with Crippen LogP contribution in [0.5, 0.6) is 11.5 Å². The predicted octanol–water partition coefficient (Wildman–Crippen LogP) is -5.74. The minimum absolute atomic E-state index is 0.0402. The Hall–Kier alpha value is -7.29. The molecule has 0 spiro atoms. The van der Waals surface area contributed by atoms with Gasteiger partial charge in [0, 0.05) is 40.4 Å². The first-order valence-corrected chi connectivity index (χ1v) is 41.3. The monoisotopic (exact) mass is 1690 g/mol. The summed E-state index contributed by atoms with van der Waals surface area (Å²) in [5, 5.41) is 182. The number of nitrogens with zero attached hydrogens (tertiary/aromatic N) is 9. The molecule has 0 radical (unpaired) electrons. The third kappa shape index (κ3) is 23.0. The molecule has 4 aromatic carbocycles. The zero-order valence-corrected chi connectivity index (χ0v) is 64.4. The molecule has 0 saturated heterocycles. The molecule has 0 heterocycles. The van der Waals surface area contributed by atoms with E-state index in [9.17, 15) is 112 Å². The van der Waals surface area contributed by atoms with E-state index in [0.717, 1.165) is 73.6 Å². The lowest BCUT2D eigenvalue weighted by Crippen LogP contribution is -2.55. The van der Waals surface area contributed by atoms with Crippen LogP contribution in [0.15, 0.2) is 125 Å². The van der Waals surface area contributed by atoms with Crippen molar-refractivity contribution in [2.24, 2.45) is 10.2 Å². The molecule has 0 bridgehead atoms. The Labute approximate surface area is 644 Å². The zero-order valence-electron chi connectivity index (χ0n) is 60.4. The maximum Gasteiger partial charge on any atom is 0.487 e. The maximum atomic E-state index is 15.1. The highest BCUT2D eigenvalue weighted by atomic mass is 32.3. The summed E-state index contributed by atoms with van der Waals surface area (Å²) in [4.78, 5) is 3.56. The first-order chi connectivity index (χ1) is 53.0. The topological polar surface area (TPSA) is 669 Å². The Morgan fingerprint density at radius 1 is 0.473 bits per heavy atom. The highest BCUT2D eigenvalue weighted by Gasteiger charge is 2.53.